The molecule has 0 N–H and O–H groups in total. The summed E-state index contributed by atoms with van der Waals surface area (Å²) in [6.07, 6.45) is 6.06. The van der Waals surface area contributed by atoms with Crippen LogP contribution in [0.4, 0.5) is 0 Å². The number of rotatable bonds is 5. The smallest absolute Gasteiger partial charge is 0.190 e. The molecule has 1 unspecified atom stereocenters. The number of thioether (sulfide) groups is 1. The molecule has 0 spiro atoms. The van der Waals surface area contributed by atoms with E-state index < -0.39 is 0 Å². The molecular formula is C17H22OS. The molecule has 0 radical (unpaired) electrons. The summed E-state index contributed by atoms with van der Waals surface area (Å²) in [5, 5.41) is 0.277. The van der Waals surface area contributed by atoms with Crippen molar-refractivity contribution < 1.29 is 4.79 Å². The van der Waals surface area contributed by atoms with Gasteiger partial charge in [-0.25, -0.2) is 0 Å². The first-order valence-corrected chi connectivity index (χ1v) is 8.02. The van der Waals surface area contributed by atoms with Gasteiger partial charge in [0.1, 0.15) is 0 Å². The topological polar surface area (TPSA) is 17.1 Å². The van der Waals surface area contributed by atoms with E-state index in [4.69, 9.17) is 0 Å². The van der Waals surface area contributed by atoms with E-state index >= 15 is 0 Å². The summed E-state index contributed by atoms with van der Waals surface area (Å²) >= 11 is 1.82. The van der Waals surface area contributed by atoms with E-state index in [-0.39, 0.29) is 11.0 Å². The van der Waals surface area contributed by atoms with Crippen LogP contribution in [0.2, 0.25) is 0 Å². The van der Waals surface area contributed by atoms with Crippen LogP contribution in [0.5, 0.6) is 0 Å². The van der Waals surface area contributed by atoms with Crippen LogP contribution in [-0.4, -0.2) is 11.0 Å². The Morgan fingerprint density at radius 2 is 2.05 bits per heavy atom. The highest BCUT2D eigenvalue weighted by molar-refractivity contribution is 8.00. The summed E-state index contributed by atoms with van der Waals surface area (Å²) in [6, 6.07) is 6.16. The zero-order valence-electron chi connectivity index (χ0n) is 11.9. The summed E-state index contributed by atoms with van der Waals surface area (Å²) in [5.74, 6) is 0.151. The highest BCUT2D eigenvalue weighted by atomic mass is 32.2. The lowest BCUT2D eigenvalue weighted by Crippen LogP contribution is -2.20. The first-order valence-electron chi connectivity index (χ1n) is 7.14. The number of hydrogen-bond donors (Lipinski definition) is 0. The fourth-order valence-electron chi connectivity index (χ4n) is 2.46. The van der Waals surface area contributed by atoms with Gasteiger partial charge in [0.2, 0.25) is 0 Å². The average Bonchev–Trinajstić information content (AvgIpc) is 2.41. The molecule has 0 bridgehead atoms. The molecule has 1 heterocycles. The van der Waals surface area contributed by atoms with Crippen molar-refractivity contribution in [2.24, 2.45) is 0 Å². The Kier molecular flexibility index (Phi) is 4.87. The Bertz CT molecular complexity index is 490. The predicted molar refractivity (Wildman–Crippen MR) is 83.1 cm³/mol. The standard InChI is InChI=1S/C17H22OS/c1-4-5-6-7-8-15-13(3)17(18)14-11-12(2)9-10-16(14)19-15/h9-11,15H,3-8H2,1-2H3. The van der Waals surface area contributed by atoms with Crippen molar-refractivity contribution in [3.8, 4) is 0 Å². The molecule has 1 aliphatic heterocycles. The van der Waals surface area contributed by atoms with Crippen LogP contribution in [0.15, 0.2) is 35.2 Å². The molecule has 0 saturated carbocycles. The minimum atomic E-state index is 0.151. The van der Waals surface area contributed by atoms with E-state index in [1.165, 1.54) is 25.7 Å². The third kappa shape index (κ3) is 3.30. The maximum absolute atomic E-state index is 12.4. The van der Waals surface area contributed by atoms with E-state index in [0.717, 1.165) is 28.0 Å². The van der Waals surface area contributed by atoms with Gasteiger partial charge in [-0.3, -0.25) is 4.79 Å². The number of Topliss-reactive ketones (excluding diaryl/α,β-unsaturated/α-hetero) is 1. The number of carbonyl (C=O) groups is 1. The quantitative estimate of drug-likeness (QED) is 0.543. The SMILES string of the molecule is C=C1C(=O)c2cc(C)ccc2SC1CCCCCC. The Hall–Kier alpha value is -1.02. The predicted octanol–water partition coefficient (Wildman–Crippen LogP) is 5.18. The lowest BCUT2D eigenvalue weighted by Gasteiger charge is -2.25. The number of hydrogen-bond acceptors (Lipinski definition) is 2. The zero-order chi connectivity index (χ0) is 13.8. The van der Waals surface area contributed by atoms with Crippen LogP contribution in [0.25, 0.3) is 0 Å². The summed E-state index contributed by atoms with van der Waals surface area (Å²) in [5.41, 5.74) is 2.78. The van der Waals surface area contributed by atoms with Gasteiger partial charge in [-0.15, -0.1) is 11.8 Å². The van der Waals surface area contributed by atoms with Crippen molar-refractivity contribution in [1.29, 1.82) is 0 Å². The zero-order valence-corrected chi connectivity index (χ0v) is 12.7. The normalized spacial score (nSPS) is 18.5. The molecule has 19 heavy (non-hydrogen) atoms. The van der Waals surface area contributed by atoms with Crippen molar-refractivity contribution >= 4 is 17.5 Å². The van der Waals surface area contributed by atoms with Gasteiger partial charge in [-0.2, -0.15) is 0 Å². The molecular weight excluding hydrogens is 252 g/mol. The third-order valence-electron chi connectivity index (χ3n) is 3.65. The average molecular weight is 274 g/mol. The van der Waals surface area contributed by atoms with E-state index in [1.807, 2.05) is 24.8 Å². The van der Waals surface area contributed by atoms with Crippen LogP contribution in [0, 0.1) is 6.92 Å². The Labute approximate surface area is 120 Å². The second kappa shape index (κ2) is 6.42. The number of aryl methyl sites for hydroxylation is 1. The monoisotopic (exact) mass is 274 g/mol. The lowest BCUT2D eigenvalue weighted by molar-refractivity contribution is 0.102. The van der Waals surface area contributed by atoms with Crippen LogP contribution >= 0.6 is 11.8 Å². The van der Waals surface area contributed by atoms with Crippen molar-refractivity contribution in [2.75, 3.05) is 0 Å². The van der Waals surface area contributed by atoms with Gasteiger partial charge in [0.15, 0.2) is 5.78 Å². The Morgan fingerprint density at radius 1 is 1.26 bits per heavy atom. The molecule has 0 amide bonds. The summed E-state index contributed by atoms with van der Waals surface area (Å²) in [4.78, 5) is 13.5. The molecule has 1 atom stereocenters. The number of ketones is 1. The minimum Gasteiger partial charge on any atom is -0.289 e. The fourth-order valence-corrected chi connectivity index (χ4v) is 3.72. The van der Waals surface area contributed by atoms with E-state index in [9.17, 15) is 4.79 Å². The van der Waals surface area contributed by atoms with E-state index in [1.54, 1.807) is 0 Å². The van der Waals surface area contributed by atoms with Crippen molar-refractivity contribution in [3.63, 3.8) is 0 Å². The van der Waals surface area contributed by atoms with Crippen LogP contribution in [0.1, 0.15) is 54.9 Å². The fraction of sp³-hybridized carbons (Fsp3) is 0.471. The van der Waals surface area contributed by atoms with E-state index in [0.29, 0.717) is 0 Å². The number of carbonyl (C=O) groups excluding carboxylic acids is 1. The number of unbranched alkanes of at least 4 members (excludes halogenated alkanes) is 3. The maximum atomic E-state index is 12.4. The summed E-state index contributed by atoms with van der Waals surface area (Å²) in [7, 11) is 0. The second-order valence-electron chi connectivity index (χ2n) is 5.31. The maximum Gasteiger partial charge on any atom is 0.190 e. The van der Waals surface area contributed by atoms with E-state index in [2.05, 4.69) is 25.6 Å². The van der Waals surface area contributed by atoms with Crippen LogP contribution in [0.3, 0.4) is 0 Å². The Morgan fingerprint density at radius 3 is 2.79 bits per heavy atom. The summed E-state index contributed by atoms with van der Waals surface area (Å²) < 4.78 is 0. The van der Waals surface area contributed by atoms with Gasteiger partial charge in [-0.05, 0) is 25.5 Å². The van der Waals surface area contributed by atoms with Crippen molar-refractivity contribution in [2.45, 2.75) is 56.1 Å². The van der Waals surface area contributed by atoms with Gasteiger partial charge < -0.3 is 0 Å². The van der Waals surface area contributed by atoms with Crippen molar-refractivity contribution in [1.82, 2.24) is 0 Å². The highest BCUT2D eigenvalue weighted by Crippen LogP contribution is 2.40. The van der Waals surface area contributed by atoms with Gasteiger partial charge in [0, 0.05) is 21.3 Å². The molecule has 0 saturated heterocycles. The number of benzene rings is 1. The molecule has 2 rings (SSSR count). The molecule has 0 aliphatic carbocycles. The minimum absolute atomic E-state index is 0.151. The molecule has 0 fully saturated rings. The first kappa shape index (κ1) is 14.4. The lowest BCUT2D eigenvalue weighted by atomic mass is 9.97. The molecule has 1 aromatic rings. The molecule has 2 heteroatoms. The molecule has 1 aromatic carbocycles. The van der Waals surface area contributed by atoms with Gasteiger partial charge in [0.05, 0.1) is 0 Å². The van der Waals surface area contributed by atoms with Crippen LogP contribution < -0.4 is 0 Å². The second-order valence-corrected chi connectivity index (χ2v) is 6.55. The molecule has 1 aliphatic rings. The Balaban J connectivity index is 2.08. The third-order valence-corrected chi connectivity index (χ3v) is 5.06. The van der Waals surface area contributed by atoms with Gasteiger partial charge >= 0.3 is 0 Å². The van der Waals surface area contributed by atoms with Crippen LogP contribution in [-0.2, 0) is 0 Å². The van der Waals surface area contributed by atoms with Gasteiger partial charge in [-0.1, -0.05) is 50.8 Å². The van der Waals surface area contributed by atoms with Gasteiger partial charge in [0.25, 0.3) is 0 Å². The molecule has 102 valence electrons. The first-order chi connectivity index (χ1) is 9.13. The van der Waals surface area contributed by atoms with Crippen molar-refractivity contribution in [3.05, 3.63) is 41.5 Å². The summed E-state index contributed by atoms with van der Waals surface area (Å²) in [6.45, 7) is 8.28. The highest BCUT2D eigenvalue weighted by Gasteiger charge is 2.28. The molecule has 0 aromatic heterocycles. The largest absolute Gasteiger partial charge is 0.289 e. The number of fused-ring (bicyclic) bond motifs is 1. The molecule has 1 nitrogen and oxygen atoms in total.